The van der Waals surface area contributed by atoms with Crippen molar-refractivity contribution in [1.29, 1.82) is 0 Å². The molecule has 1 N–H and O–H groups in total. The van der Waals surface area contributed by atoms with Crippen LogP contribution >= 0.6 is 0 Å². The Morgan fingerprint density at radius 1 is 1.21 bits per heavy atom. The molecule has 1 saturated carbocycles. The van der Waals surface area contributed by atoms with Crippen LogP contribution in [-0.2, 0) is 0 Å². The summed E-state index contributed by atoms with van der Waals surface area (Å²) in [5.41, 5.74) is 1.32. The van der Waals surface area contributed by atoms with Gasteiger partial charge in [0.1, 0.15) is 0 Å². The second kappa shape index (κ2) is 3.52. The van der Waals surface area contributed by atoms with Crippen molar-refractivity contribution in [3.8, 4) is 0 Å². The Balaban J connectivity index is 2.11. The third-order valence-electron chi connectivity index (χ3n) is 5.13. The number of hydrogen-bond donors (Lipinski definition) is 1. The molecule has 0 aromatic rings. The molecule has 0 aromatic heterocycles. The number of hydrogen-bond acceptors (Lipinski definition) is 1. The number of rotatable bonds is 3. The molecule has 2 unspecified atom stereocenters. The van der Waals surface area contributed by atoms with E-state index in [0.717, 1.165) is 5.92 Å². The average Bonchev–Trinajstić information content (AvgIpc) is 2.90. The molecule has 0 amide bonds. The standard InChI is InChI=1S/C13H25N/c1-4-5-11-10-14-9-8-13(11,3)12(2)6-7-12/h11,14H,4-10H2,1-3H3. The highest BCUT2D eigenvalue weighted by atomic mass is 14.9. The molecule has 1 aliphatic carbocycles. The van der Waals surface area contributed by atoms with Gasteiger partial charge in [-0.3, -0.25) is 0 Å². The van der Waals surface area contributed by atoms with Crippen LogP contribution < -0.4 is 5.32 Å². The van der Waals surface area contributed by atoms with E-state index in [-0.39, 0.29) is 0 Å². The Morgan fingerprint density at radius 3 is 2.50 bits per heavy atom. The lowest BCUT2D eigenvalue weighted by atomic mass is 9.61. The minimum atomic E-state index is 0.633. The minimum absolute atomic E-state index is 0.633. The van der Waals surface area contributed by atoms with E-state index in [1.807, 2.05) is 0 Å². The third kappa shape index (κ3) is 1.50. The second-order valence-corrected chi connectivity index (χ2v) is 5.92. The van der Waals surface area contributed by atoms with Crippen molar-refractivity contribution in [2.75, 3.05) is 13.1 Å². The first kappa shape index (κ1) is 10.5. The number of nitrogens with one attached hydrogen (secondary N) is 1. The molecule has 1 saturated heterocycles. The highest BCUT2D eigenvalue weighted by Crippen LogP contribution is 2.63. The van der Waals surface area contributed by atoms with Gasteiger partial charge in [0, 0.05) is 0 Å². The van der Waals surface area contributed by atoms with Gasteiger partial charge in [-0.25, -0.2) is 0 Å². The van der Waals surface area contributed by atoms with Crippen LogP contribution in [0.4, 0.5) is 0 Å². The zero-order valence-corrected chi connectivity index (χ0v) is 10.0. The lowest BCUT2D eigenvalue weighted by Crippen LogP contribution is -2.47. The van der Waals surface area contributed by atoms with Crippen molar-refractivity contribution in [1.82, 2.24) is 5.32 Å². The Morgan fingerprint density at radius 2 is 1.93 bits per heavy atom. The van der Waals surface area contributed by atoms with E-state index < -0.39 is 0 Å². The van der Waals surface area contributed by atoms with E-state index in [2.05, 4.69) is 26.1 Å². The van der Waals surface area contributed by atoms with Crippen LogP contribution in [0.2, 0.25) is 0 Å². The summed E-state index contributed by atoms with van der Waals surface area (Å²) in [5.74, 6) is 0.925. The first-order valence-electron chi connectivity index (χ1n) is 6.33. The first-order valence-corrected chi connectivity index (χ1v) is 6.33. The summed E-state index contributed by atoms with van der Waals surface area (Å²) in [6, 6.07) is 0. The van der Waals surface area contributed by atoms with Crippen LogP contribution in [0.5, 0.6) is 0 Å². The summed E-state index contributed by atoms with van der Waals surface area (Å²) >= 11 is 0. The topological polar surface area (TPSA) is 12.0 Å². The van der Waals surface area contributed by atoms with Gasteiger partial charge in [-0.1, -0.05) is 27.2 Å². The SMILES string of the molecule is CCCC1CNCCC1(C)C1(C)CC1. The maximum Gasteiger partial charge on any atom is -0.00151 e. The van der Waals surface area contributed by atoms with Gasteiger partial charge in [-0.15, -0.1) is 0 Å². The molecule has 0 spiro atoms. The van der Waals surface area contributed by atoms with E-state index in [0.29, 0.717) is 10.8 Å². The monoisotopic (exact) mass is 195 g/mol. The van der Waals surface area contributed by atoms with Gasteiger partial charge < -0.3 is 5.32 Å². The molecule has 2 atom stereocenters. The van der Waals surface area contributed by atoms with Crippen LogP contribution in [-0.4, -0.2) is 13.1 Å². The highest BCUT2D eigenvalue weighted by Gasteiger charge is 2.56. The minimum Gasteiger partial charge on any atom is -0.316 e. The largest absolute Gasteiger partial charge is 0.316 e. The zero-order valence-electron chi connectivity index (χ0n) is 10.0. The molecule has 82 valence electrons. The maximum absolute atomic E-state index is 3.57. The van der Waals surface area contributed by atoms with Crippen molar-refractivity contribution in [3.63, 3.8) is 0 Å². The van der Waals surface area contributed by atoms with Crippen LogP contribution in [0.25, 0.3) is 0 Å². The first-order chi connectivity index (χ1) is 6.62. The van der Waals surface area contributed by atoms with Gasteiger partial charge >= 0.3 is 0 Å². The Bertz CT molecular complexity index is 205. The summed E-state index contributed by atoms with van der Waals surface area (Å²) in [4.78, 5) is 0. The maximum atomic E-state index is 3.57. The van der Waals surface area contributed by atoms with E-state index in [1.165, 1.54) is 45.2 Å². The summed E-state index contributed by atoms with van der Waals surface area (Å²) in [6.45, 7) is 9.90. The molecule has 1 heteroatoms. The fraction of sp³-hybridized carbons (Fsp3) is 1.00. The fourth-order valence-corrected chi connectivity index (χ4v) is 3.38. The van der Waals surface area contributed by atoms with Gasteiger partial charge in [-0.2, -0.15) is 0 Å². The highest BCUT2D eigenvalue weighted by molar-refractivity contribution is 5.06. The molecule has 1 heterocycles. The molecular weight excluding hydrogens is 170 g/mol. The second-order valence-electron chi connectivity index (χ2n) is 5.92. The van der Waals surface area contributed by atoms with Gasteiger partial charge in [0.05, 0.1) is 0 Å². The summed E-state index contributed by atoms with van der Waals surface area (Å²) in [5, 5.41) is 3.57. The fourth-order valence-electron chi connectivity index (χ4n) is 3.38. The van der Waals surface area contributed by atoms with Gasteiger partial charge in [-0.05, 0) is 55.5 Å². The molecule has 0 bridgehead atoms. The van der Waals surface area contributed by atoms with Crippen molar-refractivity contribution in [3.05, 3.63) is 0 Å². The molecule has 0 radical (unpaired) electrons. The van der Waals surface area contributed by atoms with E-state index in [4.69, 9.17) is 0 Å². The van der Waals surface area contributed by atoms with Gasteiger partial charge in [0.25, 0.3) is 0 Å². The molecular formula is C13H25N. The van der Waals surface area contributed by atoms with Crippen molar-refractivity contribution >= 4 is 0 Å². The van der Waals surface area contributed by atoms with Gasteiger partial charge in [0.15, 0.2) is 0 Å². The van der Waals surface area contributed by atoms with E-state index in [9.17, 15) is 0 Å². The summed E-state index contributed by atoms with van der Waals surface area (Å²) in [7, 11) is 0. The quantitative estimate of drug-likeness (QED) is 0.729. The van der Waals surface area contributed by atoms with Crippen molar-refractivity contribution in [2.24, 2.45) is 16.7 Å². The molecule has 2 rings (SSSR count). The lowest BCUT2D eigenvalue weighted by Gasteiger charge is -2.47. The molecule has 1 aliphatic heterocycles. The average molecular weight is 195 g/mol. The predicted octanol–water partition coefficient (Wildman–Crippen LogP) is 3.20. The molecule has 2 aliphatic rings. The van der Waals surface area contributed by atoms with Crippen LogP contribution in [0.1, 0.15) is 52.9 Å². The smallest absolute Gasteiger partial charge is 0.00151 e. The zero-order chi connectivity index (χ0) is 10.2. The van der Waals surface area contributed by atoms with Crippen LogP contribution in [0.15, 0.2) is 0 Å². The Labute approximate surface area is 88.7 Å². The third-order valence-corrected chi connectivity index (χ3v) is 5.13. The van der Waals surface area contributed by atoms with Crippen molar-refractivity contribution in [2.45, 2.75) is 52.9 Å². The number of piperidine rings is 1. The molecule has 2 fully saturated rings. The summed E-state index contributed by atoms with van der Waals surface area (Å²) in [6.07, 6.45) is 7.11. The Kier molecular flexibility index (Phi) is 2.63. The lowest BCUT2D eigenvalue weighted by molar-refractivity contribution is 0.0415. The van der Waals surface area contributed by atoms with Crippen LogP contribution in [0, 0.1) is 16.7 Å². The predicted molar refractivity (Wildman–Crippen MR) is 61.3 cm³/mol. The van der Waals surface area contributed by atoms with E-state index >= 15 is 0 Å². The van der Waals surface area contributed by atoms with Crippen molar-refractivity contribution < 1.29 is 0 Å². The molecule has 1 nitrogen and oxygen atoms in total. The van der Waals surface area contributed by atoms with Gasteiger partial charge in [0.2, 0.25) is 0 Å². The molecule has 0 aromatic carbocycles. The van der Waals surface area contributed by atoms with Crippen LogP contribution in [0.3, 0.4) is 0 Å². The van der Waals surface area contributed by atoms with E-state index in [1.54, 1.807) is 0 Å². The normalized spacial score (nSPS) is 40.9. The molecule has 14 heavy (non-hydrogen) atoms. The summed E-state index contributed by atoms with van der Waals surface area (Å²) < 4.78 is 0. The Hall–Kier alpha value is -0.0400.